The van der Waals surface area contributed by atoms with Gasteiger partial charge in [-0.25, -0.2) is 9.97 Å². The summed E-state index contributed by atoms with van der Waals surface area (Å²) >= 11 is 0. The van der Waals surface area contributed by atoms with Gasteiger partial charge in [-0.1, -0.05) is 0 Å². The summed E-state index contributed by atoms with van der Waals surface area (Å²) in [6.07, 6.45) is 5.21. The van der Waals surface area contributed by atoms with Crippen molar-refractivity contribution in [2.24, 2.45) is 4.99 Å². The van der Waals surface area contributed by atoms with Gasteiger partial charge < -0.3 is 24.8 Å². The predicted octanol–water partition coefficient (Wildman–Crippen LogP) is -0.113. The number of aliphatic imine (C=N–C) groups is 1. The van der Waals surface area contributed by atoms with E-state index in [2.05, 4.69) is 36.9 Å². The van der Waals surface area contributed by atoms with E-state index in [1.807, 2.05) is 11.0 Å². The Hall–Kier alpha value is -2.46. The molecule has 0 spiro atoms. The lowest BCUT2D eigenvalue weighted by Crippen LogP contribution is -2.55. The average Bonchev–Trinajstić information content (AvgIpc) is 3.39. The van der Waals surface area contributed by atoms with Crippen molar-refractivity contribution in [3.05, 3.63) is 18.5 Å². The molecule has 0 aromatic carbocycles. The smallest absolute Gasteiger partial charge is 0.251 e. The zero-order chi connectivity index (χ0) is 22.2. The fraction of sp³-hybridized carbons (Fsp3) is 0.727. The van der Waals surface area contributed by atoms with Crippen molar-refractivity contribution < 1.29 is 9.53 Å². The quantitative estimate of drug-likeness (QED) is 0.480. The molecule has 176 valence electrons. The van der Waals surface area contributed by atoms with E-state index in [1.54, 1.807) is 12.4 Å². The molecule has 3 aliphatic rings. The van der Waals surface area contributed by atoms with Gasteiger partial charge in [0.15, 0.2) is 5.96 Å². The molecule has 3 aliphatic heterocycles. The molecule has 1 atom stereocenters. The topological polar surface area (TPSA) is 89.4 Å². The number of anilines is 1. The number of hydrogen-bond acceptors (Lipinski definition) is 7. The van der Waals surface area contributed by atoms with E-state index in [0.717, 1.165) is 96.7 Å². The van der Waals surface area contributed by atoms with E-state index in [-0.39, 0.29) is 12.0 Å². The van der Waals surface area contributed by atoms with Crippen LogP contribution in [0.25, 0.3) is 0 Å². The maximum atomic E-state index is 12.6. The molecule has 4 heterocycles. The third-order valence-electron chi connectivity index (χ3n) is 6.32. The summed E-state index contributed by atoms with van der Waals surface area (Å²) in [5.41, 5.74) is 0. The Bertz CT molecular complexity index is 740. The SMILES string of the molecule is CCNC(=NCCN1CCN(c2ncccn2)CC1)N1CCN(C(=O)C2CCCO2)CC1. The summed E-state index contributed by atoms with van der Waals surface area (Å²) in [6, 6.07) is 1.85. The van der Waals surface area contributed by atoms with Crippen molar-refractivity contribution >= 4 is 17.8 Å². The third kappa shape index (κ3) is 5.86. The predicted molar refractivity (Wildman–Crippen MR) is 124 cm³/mol. The van der Waals surface area contributed by atoms with Gasteiger partial charge in [0.2, 0.25) is 5.95 Å². The standard InChI is InChI=1S/C22H36N8O2/c1-2-23-21(30-16-14-28(15-17-30)20(31)19-5-3-18-32-19)26-8-9-27-10-12-29(13-11-27)22-24-6-4-7-25-22/h4,6-7,19H,2-3,5,8-18H2,1H3,(H,23,26). The Balaban J connectivity index is 1.21. The zero-order valence-electron chi connectivity index (χ0n) is 19.2. The summed E-state index contributed by atoms with van der Waals surface area (Å²) < 4.78 is 5.57. The number of hydrogen-bond donors (Lipinski definition) is 1. The van der Waals surface area contributed by atoms with Crippen LogP contribution >= 0.6 is 0 Å². The maximum absolute atomic E-state index is 12.6. The van der Waals surface area contributed by atoms with Crippen LogP contribution in [0.5, 0.6) is 0 Å². The number of piperazine rings is 2. The first kappa shape index (κ1) is 22.7. The number of rotatable bonds is 6. The van der Waals surface area contributed by atoms with Crippen LogP contribution in [0.4, 0.5) is 5.95 Å². The normalized spacial score (nSPS) is 23.0. The lowest BCUT2D eigenvalue weighted by Gasteiger charge is -2.37. The van der Waals surface area contributed by atoms with E-state index >= 15 is 0 Å². The molecule has 1 aromatic rings. The van der Waals surface area contributed by atoms with Crippen LogP contribution in [-0.2, 0) is 9.53 Å². The van der Waals surface area contributed by atoms with Gasteiger partial charge in [0.05, 0.1) is 6.54 Å². The van der Waals surface area contributed by atoms with Crippen molar-refractivity contribution in [3.8, 4) is 0 Å². The van der Waals surface area contributed by atoms with Gasteiger partial charge in [-0.15, -0.1) is 0 Å². The second-order valence-electron chi connectivity index (χ2n) is 8.43. The van der Waals surface area contributed by atoms with Crippen molar-refractivity contribution in [1.82, 2.24) is 30.0 Å². The van der Waals surface area contributed by atoms with Gasteiger partial charge in [0.25, 0.3) is 5.91 Å². The average molecular weight is 445 g/mol. The van der Waals surface area contributed by atoms with Crippen LogP contribution < -0.4 is 10.2 Å². The van der Waals surface area contributed by atoms with Gasteiger partial charge in [0, 0.05) is 84.4 Å². The number of guanidine groups is 1. The highest BCUT2D eigenvalue weighted by molar-refractivity contribution is 5.82. The van der Waals surface area contributed by atoms with Crippen LogP contribution in [0.3, 0.4) is 0 Å². The molecule has 1 unspecified atom stereocenters. The molecule has 0 aliphatic carbocycles. The molecule has 0 radical (unpaired) electrons. The molecule has 1 aromatic heterocycles. The summed E-state index contributed by atoms with van der Waals surface area (Å²) in [6.45, 7) is 12.3. The number of carbonyl (C=O) groups is 1. The molecular weight excluding hydrogens is 408 g/mol. The second-order valence-corrected chi connectivity index (χ2v) is 8.43. The van der Waals surface area contributed by atoms with Crippen molar-refractivity contribution in [2.45, 2.75) is 25.9 Å². The number of carbonyl (C=O) groups excluding carboxylic acids is 1. The van der Waals surface area contributed by atoms with Gasteiger partial charge in [0.1, 0.15) is 6.10 Å². The Morgan fingerprint density at radius 2 is 1.81 bits per heavy atom. The second kappa shape index (κ2) is 11.4. The first-order valence-corrected chi connectivity index (χ1v) is 11.9. The van der Waals surface area contributed by atoms with E-state index in [4.69, 9.17) is 9.73 Å². The van der Waals surface area contributed by atoms with Gasteiger partial charge in [-0.05, 0) is 25.8 Å². The summed E-state index contributed by atoms with van der Waals surface area (Å²) in [4.78, 5) is 35.1. The van der Waals surface area contributed by atoms with Crippen LogP contribution in [0.15, 0.2) is 23.5 Å². The van der Waals surface area contributed by atoms with Gasteiger partial charge >= 0.3 is 0 Å². The minimum Gasteiger partial charge on any atom is -0.368 e. The highest BCUT2D eigenvalue weighted by atomic mass is 16.5. The number of aromatic nitrogens is 2. The van der Waals surface area contributed by atoms with Crippen molar-refractivity contribution in [2.75, 3.05) is 83.5 Å². The van der Waals surface area contributed by atoms with E-state index in [9.17, 15) is 4.79 Å². The highest BCUT2D eigenvalue weighted by Crippen LogP contribution is 2.16. The molecule has 1 amide bonds. The number of ether oxygens (including phenoxy) is 1. The van der Waals surface area contributed by atoms with E-state index in [1.165, 1.54) is 0 Å². The Labute approximate surface area is 190 Å². The lowest BCUT2D eigenvalue weighted by atomic mass is 10.2. The molecule has 3 saturated heterocycles. The third-order valence-corrected chi connectivity index (χ3v) is 6.32. The first-order valence-electron chi connectivity index (χ1n) is 11.9. The Morgan fingerprint density at radius 1 is 1.09 bits per heavy atom. The monoisotopic (exact) mass is 444 g/mol. The zero-order valence-corrected chi connectivity index (χ0v) is 19.2. The minimum atomic E-state index is -0.225. The van der Waals surface area contributed by atoms with Gasteiger partial charge in [-0.2, -0.15) is 0 Å². The molecular formula is C22H36N8O2. The van der Waals surface area contributed by atoms with E-state index < -0.39 is 0 Å². The maximum Gasteiger partial charge on any atom is 0.251 e. The highest BCUT2D eigenvalue weighted by Gasteiger charge is 2.31. The van der Waals surface area contributed by atoms with Crippen LogP contribution in [-0.4, -0.2) is 121 Å². The minimum absolute atomic E-state index is 0.157. The lowest BCUT2D eigenvalue weighted by molar-refractivity contribution is -0.142. The van der Waals surface area contributed by atoms with E-state index in [0.29, 0.717) is 6.61 Å². The molecule has 10 heteroatoms. The molecule has 3 fully saturated rings. The molecule has 0 saturated carbocycles. The number of nitrogens with one attached hydrogen (secondary N) is 1. The van der Waals surface area contributed by atoms with Gasteiger partial charge in [-0.3, -0.25) is 14.7 Å². The molecule has 32 heavy (non-hydrogen) atoms. The number of nitrogens with zero attached hydrogens (tertiary/aromatic N) is 7. The van der Waals surface area contributed by atoms with Crippen LogP contribution in [0.1, 0.15) is 19.8 Å². The number of amides is 1. The molecule has 0 bridgehead atoms. The molecule has 4 rings (SSSR count). The van der Waals surface area contributed by atoms with Crippen LogP contribution in [0, 0.1) is 0 Å². The largest absolute Gasteiger partial charge is 0.368 e. The summed E-state index contributed by atoms with van der Waals surface area (Å²) in [5.74, 6) is 1.92. The Kier molecular flexibility index (Phi) is 8.11. The molecule has 1 N–H and O–H groups in total. The van der Waals surface area contributed by atoms with Crippen molar-refractivity contribution in [3.63, 3.8) is 0 Å². The summed E-state index contributed by atoms with van der Waals surface area (Å²) in [5, 5.41) is 3.42. The Morgan fingerprint density at radius 3 is 2.47 bits per heavy atom. The fourth-order valence-electron chi connectivity index (χ4n) is 4.46. The summed E-state index contributed by atoms with van der Waals surface area (Å²) in [7, 11) is 0. The fourth-order valence-corrected chi connectivity index (χ4v) is 4.46. The van der Waals surface area contributed by atoms with Crippen LogP contribution in [0.2, 0.25) is 0 Å². The van der Waals surface area contributed by atoms with Crippen molar-refractivity contribution in [1.29, 1.82) is 0 Å². The molecule has 10 nitrogen and oxygen atoms in total. The first-order chi connectivity index (χ1) is 15.7.